The number of rotatable bonds is 6. The minimum Gasteiger partial charge on any atom is -0.427 e. The largest absolute Gasteiger partial charge is 0.427 e. The maximum Gasteiger partial charge on any atom is 0.400 e. The third kappa shape index (κ3) is 4.50. The van der Waals surface area contributed by atoms with E-state index >= 15 is 0 Å². The summed E-state index contributed by atoms with van der Waals surface area (Å²) in [6.45, 7) is 2.14. The lowest BCUT2D eigenvalue weighted by molar-refractivity contribution is -0.210. The van der Waals surface area contributed by atoms with Crippen molar-refractivity contribution in [2.75, 3.05) is 0 Å². The highest BCUT2D eigenvalue weighted by Crippen LogP contribution is 2.44. The van der Waals surface area contributed by atoms with Crippen LogP contribution in [0.1, 0.15) is 33.1 Å². The Kier molecular flexibility index (Phi) is 5.54. The first-order valence-electron chi connectivity index (χ1n) is 7.67. The molecule has 4 nitrogen and oxygen atoms in total. The average Bonchev–Trinajstić information content (AvgIpc) is 2.96. The number of hydrogen-bond donors (Lipinski definition) is 1. The molecule has 0 aromatic heterocycles. The SMILES string of the molecule is CC(C)(C1=CC(CCCC(=O)Oc2ccccc2)NO1)C(F)(F)F. The number of carbonyl (C=O) groups excluding carboxylic acids is 1. The fraction of sp³-hybridized carbons (Fsp3) is 0.471. The van der Waals surface area contributed by atoms with E-state index in [-0.39, 0.29) is 24.2 Å². The van der Waals surface area contributed by atoms with Crippen LogP contribution >= 0.6 is 0 Å². The van der Waals surface area contributed by atoms with Crippen molar-refractivity contribution < 1.29 is 27.5 Å². The fourth-order valence-electron chi connectivity index (χ4n) is 2.15. The van der Waals surface area contributed by atoms with Gasteiger partial charge in [0.15, 0.2) is 0 Å². The number of esters is 1. The highest BCUT2D eigenvalue weighted by Gasteiger charge is 2.52. The van der Waals surface area contributed by atoms with E-state index in [2.05, 4.69) is 5.48 Å². The molecule has 1 unspecified atom stereocenters. The number of hydrogen-bond acceptors (Lipinski definition) is 4. The molecule has 7 heteroatoms. The van der Waals surface area contributed by atoms with Gasteiger partial charge in [0, 0.05) is 6.42 Å². The fourth-order valence-corrected chi connectivity index (χ4v) is 2.15. The standard InChI is InChI=1S/C17H20F3NO3/c1-16(2,17(18,19)20)14-11-12(21-24-14)7-6-10-15(22)23-13-8-4-3-5-9-13/h3-5,8-9,11-12,21H,6-7,10H2,1-2H3. The van der Waals surface area contributed by atoms with E-state index in [9.17, 15) is 18.0 Å². The second kappa shape index (κ2) is 7.25. The van der Waals surface area contributed by atoms with Crippen LogP contribution < -0.4 is 10.2 Å². The van der Waals surface area contributed by atoms with Crippen molar-refractivity contribution in [3.05, 3.63) is 42.2 Å². The van der Waals surface area contributed by atoms with Gasteiger partial charge in [0.1, 0.15) is 16.9 Å². The maximum atomic E-state index is 13.0. The van der Waals surface area contributed by atoms with Crippen molar-refractivity contribution in [3.63, 3.8) is 0 Å². The molecule has 0 saturated carbocycles. The molecule has 1 aromatic carbocycles. The normalized spacial score (nSPS) is 18.0. The molecule has 1 heterocycles. The van der Waals surface area contributed by atoms with Gasteiger partial charge in [-0.1, -0.05) is 18.2 Å². The number of alkyl halides is 3. The number of nitrogens with one attached hydrogen (secondary N) is 1. The number of halogens is 3. The van der Waals surface area contributed by atoms with E-state index in [1.165, 1.54) is 6.08 Å². The molecule has 0 radical (unpaired) electrons. The summed E-state index contributed by atoms with van der Waals surface area (Å²) in [4.78, 5) is 16.7. The molecular weight excluding hydrogens is 323 g/mol. The minimum absolute atomic E-state index is 0.146. The molecule has 132 valence electrons. The zero-order valence-corrected chi connectivity index (χ0v) is 13.5. The van der Waals surface area contributed by atoms with Crippen LogP contribution in [0.2, 0.25) is 0 Å². The summed E-state index contributed by atoms with van der Waals surface area (Å²) in [7, 11) is 0. The Bertz CT molecular complexity index is 597. The molecule has 0 spiro atoms. The Balaban J connectivity index is 1.78. The van der Waals surface area contributed by atoms with Crippen molar-refractivity contribution in [3.8, 4) is 5.75 Å². The molecule has 1 aliphatic heterocycles. The van der Waals surface area contributed by atoms with Gasteiger partial charge >= 0.3 is 12.1 Å². The Morgan fingerprint density at radius 1 is 1.25 bits per heavy atom. The van der Waals surface area contributed by atoms with E-state index in [1.54, 1.807) is 24.3 Å². The molecule has 1 aliphatic rings. The van der Waals surface area contributed by atoms with Crippen LogP contribution in [0, 0.1) is 5.41 Å². The Labute approximate surface area is 138 Å². The van der Waals surface area contributed by atoms with Gasteiger partial charge in [0.25, 0.3) is 0 Å². The molecule has 24 heavy (non-hydrogen) atoms. The van der Waals surface area contributed by atoms with Gasteiger partial charge in [-0.05, 0) is 44.9 Å². The van der Waals surface area contributed by atoms with E-state index in [4.69, 9.17) is 9.57 Å². The zero-order chi connectivity index (χ0) is 17.8. The maximum absolute atomic E-state index is 13.0. The average molecular weight is 343 g/mol. The van der Waals surface area contributed by atoms with Crippen molar-refractivity contribution in [1.82, 2.24) is 5.48 Å². The summed E-state index contributed by atoms with van der Waals surface area (Å²) in [5, 5.41) is 0. The summed E-state index contributed by atoms with van der Waals surface area (Å²) in [5.41, 5.74) is 0.509. The number of benzene rings is 1. The predicted octanol–water partition coefficient (Wildman–Crippen LogP) is 4.14. The molecule has 0 fully saturated rings. The van der Waals surface area contributed by atoms with Gasteiger partial charge in [-0.15, -0.1) is 0 Å². The molecule has 1 aromatic rings. The first kappa shape index (κ1) is 18.3. The van der Waals surface area contributed by atoms with Crippen LogP contribution in [0.5, 0.6) is 5.75 Å². The van der Waals surface area contributed by atoms with Crippen molar-refractivity contribution >= 4 is 5.97 Å². The number of hydroxylamine groups is 1. The quantitative estimate of drug-likeness (QED) is 0.623. The highest BCUT2D eigenvalue weighted by atomic mass is 19.4. The van der Waals surface area contributed by atoms with Gasteiger partial charge < -0.3 is 9.57 Å². The third-order valence-electron chi connectivity index (χ3n) is 3.87. The molecule has 2 rings (SSSR count). The van der Waals surface area contributed by atoms with Gasteiger partial charge in [-0.25, -0.2) is 0 Å². The Morgan fingerprint density at radius 3 is 2.54 bits per heavy atom. The molecule has 0 aliphatic carbocycles. The van der Waals surface area contributed by atoms with Crippen molar-refractivity contribution in [1.29, 1.82) is 0 Å². The first-order chi connectivity index (χ1) is 11.2. The summed E-state index contributed by atoms with van der Waals surface area (Å²) >= 11 is 0. The van der Waals surface area contributed by atoms with Gasteiger partial charge in [-0.3, -0.25) is 4.79 Å². The number of carbonyl (C=O) groups is 1. The first-order valence-corrected chi connectivity index (χ1v) is 7.67. The van der Waals surface area contributed by atoms with Crippen LogP contribution in [0.3, 0.4) is 0 Å². The monoisotopic (exact) mass is 343 g/mol. The van der Waals surface area contributed by atoms with E-state index < -0.39 is 11.6 Å². The number of para-hydroxylation sites is 1. The predicted molar refractivity (Wildman–Crippen MR) is 81.9 cm³/mol. The highest BCUT2D eigenvalue weighted by molar-refractivity contribution is 5.72. The molecule has 0 saturated heterocycles. The van der Waals surface area contributed by atoms with Crippen LogP contribution in [0.15, 0.2) is 42.2 Å². The summed E-state index contributed by atoms with van der Waals surface area (Å²) in [5.74, 6) is -0.0502. The molecular formula is C17H20F3NO3. The van der Waals surface area contributed by atoms with E-state index in [0.29, 0.717) is 18.6 Å². The Hall–Kier alpha value is -2.02. The number of ether oxygens (including phenoxy) is 1. The zero-order valence-electron chi connectivity index (χ0n) is 13.5. The Morgan fingerprint density at radius 2 is 1.92 bits per heavy atom. The molecule has 1 N–H and O–H groups in total. The number of allylic oxidation sites excluding steroid dienone is 1. The van der Waals surface area contributed by atoms with Crippen LogP contribution in [0.25, 0.3) is 0 Å². The molecule has 0 amide bonds. The van der Waals surface area contributed by atoms with Gasteiger partial charge in [0.05, 0.1) is 6.04 Å². The lowest BCUT2D eigenvalue weighted by Crippen LogP contribution is -2.34. The second-order valence-electron chi connectivity index (χ2n) is 6.16. The van der Waals surface area contributed by atoms with E-state index in [1.807, 2.05) is 6.07 Å². The summed E-state index contributed by atoms with van der Waals surface area (Å²) in [6, 6.07) is 8.34. The van der Waals surface area contributed by atoms with Crippen LogP contribution in [0.4, 0.5) is 13.2 Å². The lowest BCUT2D eigenvalue weighted by atomic mass is 9.89. The topological polar surface area (TPSA) is 47.6 Å². The molecule has 1 atom stereocenters. The van der Waals surface area contributed by atoms with Gasteiger partial charge in [0.2, 0.25) is 0 Å². The van der Waals surface area contributed by atoms with Crippen LogP contribution in [-0.4, -0.2) is 18.2 Å². The van der Waals surface area contributed by atoms with Gasteiger partial charge in [-0.2, -0.15) is 18.7 Å². The molecule has 0 bridgehead atoms. The summed E-state index contributed by atoms with van der Waals surface area (Å²) in [6.07, 6.45) is -1.84. The van der Waals surface area contributed by atoms with Crippen LogP contribution in [-0.2, 0) is 9.63 Å². The van der Waals surface area contributed by atoms with Crippen molar-refractivity contribution in [2.45, 2.75) is 45.3 Å². The smallest absolute Gasteiger partial charge is 0.400 e. The van der Waals surface area contributed by atoms with Crippen molar-refractivity contribution in [2.24, 2.45) is 5.41 Å². The summed E-state index contributed by atoms with van der Waals surface area (Å²) < 4.78 is 44.0. The lowest BCUT2D eigenvalue weighted by Gasteiger charge is -2.27. The third-order valence-corrected chi connectivity index (χ3v) is 3.87. The second-order valence-corrected chi connectivity index (χ2v) is 6.16. The van der Waals surface area contributed by atoms with E-state index in [0.717, 1.165) is 13.8 Å². The minimum atomic E-state index is -4.39.